The van der Waals surface area contributed by atoms with Crippen LogP contribution in [0.3, 0.4) is 0 Å². The maximum atomic E-state index is 12.3. The van der Waals surface area contributed by atoms with Gasteiger partial charge in [-0.3, -0.25) is 25.8 Å². The van der Waals surface area contributed by atoms with E-state index in [0.717, 1.165) is 18.4 Å². The van der Waals surface area contributed by atoms with Crippen LogP contribution >= 0.6 is 12.2 Å². The summed E-state index contributed by atoms with van der Waals surface area (Å²) < 4.78 is 11.2. The minimum atomic E-state index is -0.427. The third kappa shape index (κ3) is 8.25. The van der Waals surface area contributed by atoms with Crippen LogP contribution in [-0.2, 0) is 4.79 Å². The van der Waals surface area contributed by atoms with Gasteiger partial charge in [-0.2, -0.15) is 0 Å². The molecule has 0 spiro atoms. The molecular formula is C23H29N3O4S. The Hall–Kier alpha value is -3.13. The quantitative estimate of drug-likeness (QED) is 0.311. The van der Waals surface area contributed by atoms with E-state index in [1.807, 2.05) is 24.3 Å². The molecule has 166 valence electrons. The van der Waals surface area contributed by atoms with Gasteiger partial charge >= 0.3 is 0 Å². The fraction of sp³-hybridized carbons (Fsp3) is 0.348. The maximum Gasteiger partial charge on any atom is 0.276 e. The molecule has 2 aromatic carbocycles. The first-order valence-corrected chi connectivity index (χ1v) is 10.7. The van der Waals surface area contributed by atoms with Crippen molar-refractivity contribution < 1.29 is 19.1 Å². The highest BCUT2D eigenvalue weighted by atomic mass is 32.1. The van der Waals surface area contributed by atoms with E-state index in [0.29, 0.717) is 23.7 Å². The number of rotatable bonds is 9. The van der Waals surface area contributed by atoms with Gasteiger partial charge in [0.1, 0.15) is 11.5 Å². The molecule has 0 heterocycles. The molecule has 0 saturated heterocycles. The van der Waals surface area contributed by atoms with Crippen LogP contribution in [0.25, 0.3) is 0 Å². The van der Waals surface area contributed by atoms with Crippen molar-refractivity contribution in [2.45, 2.75) is 39.5 Å². The molecule has 0 saturated carbocycles. The van der Waals surface area contributed by atoms with Gasteiger partial charge < -0.3 is 9.47 Å². The number of benzene rings is 2. The highest BCUT2D eigenvalue weighted by molar-refractivity contribution is 7.80. The summed E-state index contributed by atoms with van der Waals surface area (Å²) in [6.45, 7) is 6.65. The van der Waals surface area contributed by atoms with Crippen LogP contribution in [0.2, 0.25) is 0 Å². The van der Waals surface area contributed by atoms with Gasteiger partial charge in [0, 0.05) is 5.56 Å². The molecule has 0 aliphatic rings. The Balaban J connectivity index is 1.74. The third-order valence-electron chi connectivity index (χ3n) is 4.33. The topological polar surface area (TPSA) is 88.7 Å². The first kappa shape index (κ1) is 24.1. The highest BCUT2D eigenvalue weighted by Crippen LogP contribution is 2.25. The summed E-state index contributed by atoms with van der Waals surface area (Å²) in [6.07, 6.45) is 2.03. The van der Waals surface area contributed by atoms with Crippen LogP contribution in [0.5, 0.6) is 11.5 Å². The van der Waals surface area contributed by atoms with Crippen LogP contribution in [0.1, 0.15) is 55.5 Å². The minimum Gasteiger partial charge on any atom is -0.494 e. The van der Waals surface area contributed by atoms with Crippen LogP contribution in [0.15, 0.2) is 48.5 Å². The number of ether oxygens (including phenoxy) is 2. The molecule has 31 heavy (non-hydrogen) atoms. The molecule has 2 rings (SSSR count). The van der Waals surface area contributed by atoms with Crippen LogP contribution in [0, 0.1) is 0 Å². The Morgan fingerprint density at radius 1 is 1.00 bits per heavy atom. The monoisotopic (exact) mass is 443 g/mol. The summed E-state index contributed by atoms with van der Waals surface area (Å²) in [5, 5.41) is 2.48. The normalized spacial score (nSPS) is 10.3. The van der Waals surface area contributed by atoms with E-state index in [-0.39, 0.29) is 17.6 Å². The smallest absolute Gasteiger partial charge is 0.276 e. The first-order valence-electron chi connectivity index (χ1n) is 10.3. The molecule has 0 aliphatic heterocycles. The summed E-state index contributed by atoms with van der Waals surface area (Å²) in [6, 6.07) is 14.3. The first-order chi connectivity index (χ1) is 14.9. The number of hydrogen-bond acceptors (Lipinski definition) is 5. The molecule has 0 unspecified atom stereocenters. The van der Waals surface area contributed by atoms with Gasteiger partial charge in [-0.15, -0.1) is 0 Å². The second kappa shape index (κ2) is 12.5. The standard InChI is InChI=1S/C23H29N3O4S/c1-4-5-14-29-18-12-10-17(11-13-18)22(28)24-23(31)26-25-21(27)15-30-20-9-7-6-8-19(20)16(2)3/h6-13,16H,4-5,14-15H2,1-3H3,(H,25,27)(H2,24,26,28,31). The number of hydrogen-bond donors (Lipinski definition) is 3. The molecule has 2 aromatic rings. The number of carbonyl (C=O) groups excluding carboxylic acids is 2. The fourth-order valence-electron chi connectivity index (χ4n) is 2.64. The molecule has 2 amide bonds. The Morgan fingerprint density at radius 3 is 2.39 bits per heavy atom. The van der Waals surface area contributed by atoms with Crippen LogP contribution in [-0.4, -0.2) is 30.1 Å². The number of nitrogens with one attached hydrogen (secondary N) is 3. The molecule has 0 aliphatic carbocycles. The van der Waals surface area contributed by atoms with E-state index in [4.69, 9.17) is 21.7 Å². The predicted octanol–water partition coefficient (Wildman–Crippen LogP) is 3.70. The number of hydrazine groups is 1. The van der Waals surface area contributed by atoms with Crippen molar-refractivity contribution in [3.8, 4) is 11.5 Å². The van der Waals surface area contributed by atoms with Crippen LogP contribution in [0.4, 0.5) is 0 Å². The number of amides is 2. The summed E-state index contributed by atoms with van der Waals surface area (Å²) in [5.41, 5.74) is 6.35. The molecule has 3 N–H and O–H groups in total. The maximum absolute atomic E-state index is 12.3. The lowest BCUT2D eigenvalue weighted by molar-refractivity contribution is -0.123. The zero-order valence-corrected chi connectivity index (χ0v) is 18.9. The number of para-hydroxylation sites is 1. The molecule has 0 aromatic heterocycles. The van der Waals surface area contributed by atoms with Crippen molar-refractivity contribution >= 4 is 29.1 Å². The van der Waals surface area contributed by atoms with Gasteiger partial charge in [0.2, 0.25) is 0 Å². The lowest BCUT2D eigenvalue weighted by Crippen LogP contribution is -2.49. The van der Waals surface area contributed by atoms with E-state index in [1.54, 1.807) is 24.3 Å². The van der Waals surface area contributed by atoms with Gasteiger partial charge in [0.25, 0.3) is 11.8 Å². The lowest BCUT2D eigenvalue weighted by Gasteiger charge is -2.14. The van der Waals surface area contributed by atoms with Crippen molar-refractivity contribution in [1.82, 2.24) is 16.2 Å². The average Bonchev–Trinajstić information content (AvgIpc) is 2.77. The second-order valence-electron chi connectivity index (χ2n) is 7.16. The van der Waals surface area contributed by atoms with Crippen molar-refractivity contribution in [1.29, 1.82) is 0 Å². The zero-order chi connectivity index (χ0) is 22.6. The van der Waals surface area contributed by atoms with Gasteiger partial charge in [-0.1, -0.05) is 45.4 Å². The Morgan fingerprint density at radius 2 is 1.71 bits per heavy atom. The lowest BCUT2D eigenvalue weighted by atomic mass is 10.0. The number of unbranched alkanes of at least 4 members (excludes halogenated alkanes) is 1. The van der Waals surface area contributed by atoms with Gasteiger partial charge in [0.05, 0.1) is 6.61 Å². The van der Waals surface area contributed by atoms with Crippen molar-refractivity contribution in [3.05, 3.63) is 59.7 Å². The number of thiocarbonyl (C=S) groups is 1. The summed E-state index contributed by atoms with van der Waals surface area (Å²) >= 11 is 5.05. The van der Waals surface area contributed by atoms with E-state index < -0.39 is 11.8 Å². The predicted molar refractivity (Wildman–Crippen MR) is 124 cm³/mol. The molecule has 7 nitrogen and oxygen atoms in total. The average molecular weight is 444 g/mol. The largest absolute Gasteiger partial charge is 0.494 e. The van der Waals surface area contributed by atoms with Gasteiger partial charge in [-0.05, 0) is 60.5 Å². The molecule has 0 atom stereocenters. The molecule has 8 heteroatoms. The minimum absolute atomic E-state index is 0.0239. The van der Waals surface area contributed by atoms with E-state index in [9.17, 15) is 9.59 Å². The second-order valence-corrected chi connectivity index (χ2v) is 7.57. The molecule has 0 radical (unpaired) electrons. The zero-order valence-electron chi connectivity index (χ0n) is 18.1. The highest BCUT2D eigenvalue weighted by Gasteiger charge is 2.11. The molecule has 0 fully saturated rings. The Bertz CT molecular complexity index is 885. The molecular weight excluding hydrogens is 414 g/mol. The van der Waals surface area contributed by atoms with Crippen LogP contribution < -0.4 is 25.6 Å². The summed E-state index contributed by atoms with van der Waals surface area (Å²) in [4.78, 5) is 24.3. The van der Waals surface area contributed by atoms with Crippen molar-refractivity contribution in [2.24, 2.45) is 0 Å². The van der Waals surface area contributed by atoms with E-state index in [2.05, 4.69) is 36.9 Å². The summed E-state index contributed by atoms with van der Waals surface area (Å²) in [7, 11) is 0. The van der Waals surface area contributed by atoms with Gasteiger partial charge in [-0.25, -0.2) is 0 Å². The Kier molecular flexibility index (Phi) is 9.77. The third-order valence-corrected chi connectivity index (χ3v) is 4.53. The van der Waals surface area contributed by atoms with Crippen molar-refractivity contribution in [3.63, 3.8) is 0 Å². The molecule has 0 bridgehead atoms. The number of carbonyl (C=O) groups is 2. The van der Waals surface area contributed by atoms with E-state index in [1.165, 1.54) is 0 Å². The van der Waals surface area contributed by atoms with Gasteiger partial charge in [0.15, 0.2) is 11.7 Å². The fourth-order valence-corrected chi connectivity index (χ4v) is 2.78. The van der Waals surface area contributed by atoms with E-state index >= 15 is 0 Å². The SMILES string of the molecule is CCCCOc1ccc(C(=O)NC(=S)NNC(=O)COc2ccccc2C(C)C)cc1. The summed E-state index contributed by atoms with van der Waals surface area (Å²) in [5.74, 6) is 0.817. The Labute approximate surface area is 188 Å². The van der Waals surface area contributed by atoms with Crippen molar-refractivity contribution in [2.75, 3.05) is 13.2 Å².